The van der Waals surface area contributed by atoms with E-state index in [9.17, 15) is 18.0 Å². The number of benzene rings is 2. The highest BCUT2D eigenvalue weighted by Crippen LogP contribution is 2.36. The summed E-state index contributed by atoms with van der Waals surface area (Å²) in [6.45, 7) is 8.30. The van der Waals surface area contributed by atoms with Crippen molar-refractivity contribution in [1.82, 2.24) is 4.31 Å². The van der Waals surface area contributed by atoms with Gasteiger partial charge in [0.15, 0.2) is 6.10 Å². The first kappa shape index (κ1) is 25.2. The number of nitrogens with one attached hydrogen (secondary N) is 2. The molecule has 2 aliphatic rings. The van der Waals surface area contributed by atoms with Crippen LogP contribution in [0.2, 0.25) is 0 Å². The summed E-state index contributed by atoms with van der Waals surface area (Å²) in [7, 11) is -3.78. The number of rotatable bonds is 6. The van der Waals surface area contributed by atoms with E-state index in [2.05, 4.69) is 24.5 Å². The van der Waals surface area contributed by atoms with Crippen molar-refractivity contribution in [3.05, 3.63) is 47.5 Å². The van der Waals surface area contributed by atoms with E-state index in [1.807, 2.05) is 31.2 Å². The topological polar surface area (TPSA) is 105 Å². The lowest BCUT2D eigenvalue weighted by molar-refractivity contribution is -0.123. The van der Waals surface area contributed by atoms with Gasteiger partial charge in [-0.2, -0.15) is 4.31 Å². The molecule has 8 nitrogen and oxygen atoms in total. The van der Waals surface area contributed by atoms with Crippen molar-refractivity contribution in [2.24, 2.45) is 5.92 Å². The number of hydrogen-bond donors (Lipinski definition) is 2. The van der Waals surface area contributed by atoms with Crippen LogP contribution in [-0.4, -0.2) is 43.7 Å². The minimum absolute atomic E-state index is 0.0842. The molecule has 2 heterocycles. The number of amides is 2. The van der Waals surface area contributed by atoms with E-state index >= 15 is 0 Å². The lowest BCUT2D eigenvalue weighted by Gasteiger charge is -2.32. The van der Waals surface area contributed by atoms with Gasteiger partial charge in [-0.25, -0.2) is 8.42 Å². The Morgan fingerprint density at radius 2 is 1.83 bits per heavy atom. The number of carbonyl (C=O) groups excluding carboxylic acids is 2. The van der Waals surface area contributed by atoms with E-state index in [0.717, 1.165) is 5.69 Å². The number of carbonyl (C=O) groups is 2. The molecular formula is C26H33N3O5S. The number of hydrogen-bond acceptors (Lipinski definition) is 5. The van der Waals surface area contributed by atoms with Crippen LogP contribution in [0, 0.1) is 12.8 Å². The predicted molar refractivity (Wildman–Crippen MR) is 135 cm³/mol. The van der Waals surface area contributed by atoms with Gasteiger partial charge in [-0.1, -0.05) is 32.9 Å². The van der Waals surface area contributed by atoms with Gasteiger partial charge in [0.2, 0.25) is 15.9 Å². The van der Waals surface area contributed by atoms with Gasteiger partial charge < -0.3 is 15.4 Å². The third-order valence-electron chi connectivity index (χ3n) is 6.75. The van der Waals surface area contributed by atoms with Gasteiger partial charge in [0, 0.05) is 30.8 Å². The van der Waals surface area contributed by atoms with Crippen LogP contribution in [0.4, 0.5) is 11.4 Å². The molecule has 9 heteroatoms. The zero-order valence-electron chi connectivity index (χ0n) is 20.6. The van der Waals surface area contributed by atoms with Crippen molar-refractivity contribution in [3.63, 3.8) is 0 Å². The lowest BCUT2D eigenvalue weighted by Crippen LogP contribution is -2.41. The van der Waals surface area contributed by atoms with Crippen LogP contribution in [0.15, 0.2) is 41.3 Å². The van der Waals surface area contributed by atoms with Crippen molar-refractivity contribution in [1.29, 1.82) is 0 Å². The van der Waals surface area contributed by atoms with E-state index in [1.54, 1.807) is 13.0 Å². The van der Waals surface area contributed by atoms with Crippen LogP contribution in [0.1, 0.15) is 57.1 Å². The molecule has 0 saturated carbocycles. The van der Waals surface area contributed by atoms with E-state index in [4.69, 9.17) is 4.74 Å². The van der Waals surface area contributed by atoms with Gasteiger partial charge in [0.1, 0.15) is 5.75 Å². The average Bonchev–Trinajstić information content (AvgIpc) is 2.83. The standard InChI is InChI=1S/C26H33N3O5S/c1-5-22-26(31)28-21-14-17(4)24(15-23(21)34-22)35(32,33)29-12-10-19(11-13-29)25(30)27-20-8-6-18(7-9-20)16(2)3/h6-9,14-16,19,22H,5,10-13H2,1-4H3,(H,27,30)(H,28,31)/t22-/m1/s1. The van der Waals surface area contributed by atoms with Crippen LogP contribution in [0.3, 0.4) is 0 Å². The third-order valence-corrected chi connectivity index (χ3v) is 8.80. The van der Waals surface area contributed by atoms with Gasteiger partial charge in [0.25, 0.3) is 5.91 Å². The van der Waals surface area contributed by atoms with E-state index in [0.29, 0.717) is 42.2 Å². The zero-order chi connectivity index (χ0) is 25.3. The molecule has 1 saturated heterocycles. The Morgan fingerprint density at radius 1 is 1.17 bits per heavy atom. The number of sulfonamides is 1. The number of nitrogens with zero attached hydrogens (tertiary/aromatic N) is 1. The van der Waals surface area contributed by atoms with Crippen molar-refractivity contribution in [2.45, 2.75) is 63.9 Å². The fraction of sp³-hybridized carbons (Fsp3) is 0.462. The van der Waals surface area contributed by atoms with E-state index in [1.165, 1.54) is 15.9 Å². The molecule has 2 amide bonds. The molecule has 1 fully saturated rings. The van der Waals surface area contributed by atoms with Gasteiger partial charge in [-0.05, 0) is 61.4 Å². The summed E-state index contributed by atoms with van der Waals surface area (Å²) in [5.74, 6) is 0.214. The summed E-state index contributed by atoms with van der Waals surface area (Å²) < 4.78 is 34.1. The minimum atomic E-state index is -3.78. The highest BCUT2D eigenvalue weighted by molar-refractivity contribution is 7.89. The molecule has 0 spiro atoms. The summed E-state index contributed by atoms with van der Waals surface area (Å²) in [6.07, 6.45) is 0.739. The quantitative estimate of drug-likeness (QED) is 0.618. The third kappa shape index (κ3) is 5.21. The van der Waals surface area contributed by atoms with Gasteiger partial charge in [-0.15, -0.1) is 0 Å². The number of piperidine rings is 1. The first-order valence-corrected chi connectivity index (χ1v) is 13.6. The van der Waals surface area contributed by atoms with Crippen molar-refractivity contribution in [3.8, 4) is 5.75 Å². The molecular weight excluding hydrogens is 466 g/mol. The number of fused-ring (bicyclic) bond motifs is 1. The van der Waals surface area contributed by atoms with Crippen molar-refractivity contribution < 1.29 is 22.7 Å². The highest BCUT2D eigenvalue weighted by Gasteiger charge is 2.35. The Morgan fingerprint density at radius 3 is 2.43 bits per heavy atom. The van der Waals surface area contributed by atoms with Gasteiger partial charge in [-0.3, -0.25) is 9.59 Å². The Kier molecular flexibility index (Phi) is 7.19. The molecule has 0 radical (unpaired) electrons. The largest absolute Gasteiger partial charge is 0.478 e. The summed E-state index contributed by atoms with van der Waals surface area (Å²) in [5.41, 5.74) is 2.97. The second kappa shape index (κ2) is 9.99. The second-order valence-corrected chi connectivity index (χ2v) is 11.5. The molecule has 35 heavy (non-hydrogen) atoms. The summed E-state index contributed by atoms with van der Waals surface area (Å²) in [4.78, 5) is 25.0. The van der Waals surface area contributed by atoms with Gasteiger partial charge >= 0.3 is 0 Å². The van der Waals surface area contributed by atoms with E-state index in [-0.39, 0.29) is 35.7 Å². The first-order valence-electron chi connectivity index (χ1n) is 12.1. The molecule has 188 valence electrons. The SMILES string of the molecule is CC[C@H]1Oc2cc(S(=O)(=O)N3CCC(C(=O)Nc4ccc(C(C)C)cc4)CC3)c(C)cc2NC1=O. The zero-order valence-corrected chi connectivity index (χ0v) is 21.4. The van der Waals surface area contributed by atoms with Crippen molar-refractivity contribution >= 4 is 33.2 Å². The summed E-state index contributed by atoms with van der Waals surface area (Å²) in [5, 5.41) is 5.75. The molecule has 0 bridgehead atoms. The number of aryl methyl sites for hydroxylation is 1. The fourth-order valence-corrected chi connectivity index (χ4v) is 6.22. The molecule has 2 aliphatic heterocycles. The summed E-state index contributed by atoms with van der Waals surface area (Å²) >= 11 is 0. The van der Waals surface area contributed by atoms with Crippen LogP contribution >= 0.6 is 0 Å². The van der Waals surface area contributed by atoms with E-state index < -0.39 is 16.1 Å². The van der Waals surface area contributed by atoms with Crippen LogP contribution in [-0.2, 0) is 19.6 Å². The molecule has 0 unspecified atom stereocenters. The molecule has 4 rings (SSSR count). The molecule has 2 aromatic carbocycles. The minimum Gasteiger partial charge on any atom is -0.478 e. The maximum Gasteiger partial charge on any atom is 0.265 e. The maximum atomic E-state index is 13.4. The molecule has 2 N–H and O–H groups in total. The smallest absolute Gasteiger partial charge is 0.265 e. The monoisotopic (exact) mass is 499 g/mol. The highest BCUT2D eigenvalue weighted by atomic mass is 32.2. The lowest BCUT2D eigenvalue weighted by atomic mass is 9.97. The molecule has 1 atom stereocenters. The van der Waals surface area contributed by atoms with Gasteiger partial charge in [0.05, 0.1) is 10.6 Å². The summed E-state index contributed by atoms with van der Waals surface area (Å²) in [6, 6.07) is 11.0. The Labute approximate surface area is 207 Å². The maximum absolute atomic E-state index is 13.4. The van der Waals surface area contributed by atoms with Crippen LogP contribution in [0.5, 0.6) is 5.75 Å². The van der Waals surface area contributed by atoms with Crippen LogP contribution in [0.25, 0.3) is 0 Å². The normalized spacial score (nSPS) is 19.1. The molecule has 0 aromatic heterocycles. The molecule has 2 aromatic rings. The fourth-order valence-electron chi connectivity index (χ4n) is 4.52. The average molecular weight is 500 g/mol. The number of anilines is 2. The Hall–Kier alpha value is -2.91. The van der Waals surface area contributed by atoms with Crippen molar-refractivity contribution in [2.75, 3.05) is 23.7 Å². The Bertz CT molecular complexity index is 1220. The molecule has 0 aliphatic carbocycles. The van der Waals surface area contributed by atoms with Crippen LogP contribution < -0.4 is 15.4 Å². The predicted octanol–water partition coefficient (Wildman–Crippen LogP) is 4.27. The second-order valence-electron chi connectivity index (χ2n) is 9.56. The Balaban J connectivity index is 1.42. The first-order chi connectivity index (χ1) is 16.6. The number of ether oxygens (including phenoxy) is 1.